The van der Waals surface area contributed by atoms with Gasteiger partial charge in [0.05, 0.1) is 0 Å². The third-order valence-corrected chi connectivity index (χ3v) is 21.7. The molecule has 3 aromatic heterocycles. The lowest BCUT2D eigenvalue weighted by Crippen LogP contribution is -2.40. The van der Waals surface area contributed by atoms with E-state index >= 15 is 0 Å². The molecule has 0 bridgehead atoms. The van der Waals surface area contributed by atoms with Crippen LogP contribution in [-0.2, 0) is 13.6 Å². The van der Waals surface area contributed by atoms with E-state index in [1.807, 2.05) is 80.0 Å². The van der Waals surface area contributed by atoms with Gasteiger partial charge in [0.25, 0.3) is 16.6 Å². The molecular weight excluding hydrogens is 807 g/mol. The van der Waals surface area contributed by atoms with Crippen LogP contribution in [0.5, 0.6) is 0 Å². The van der Waals surface area contributed by atoms with E-state index in [0.717, 1.165) is 38.1 Å². The molecule has 0 amide bonds. The summed E-state index contributed by atoms with van der Waals surface area (Å²) >= 11 is 4.51. The Labute approximate surface area is 370 Å². The number of hydrogen-bond acceptors (Lipinski definition) is 9. The standard InChI is InChI=1S/C19H33NOSSi.C14H23NOSSi.C13H19NOS.CH4/c1-7-8-9-10-11-15-18(21-23(5,6)19(2,3)4)22-17-14-12-13-16-20-17;1-7-13(16-18(5,6)14(2,3)4)17-12-10-8-9-11-15-12;1-2-3-4-5-6-10-13(15)16-12-9-7-8-11-14-12;/h12-16H,7-11H2,1-6H3;7-11H,1-6H3;7-9,11H,2-6,10H2,1H3;1H4/b18-15+;13-7-;;. The zero-order valence-electron chi connectivity index (χ0n) is 37.7. The SMILES string of the molecule is C.C/C=C(/O[Si](C)(C)C(C)(C)C)Sc1ccccn1.CCCCCC/C=C(\O[Si](C)(C)C(C)(C)C)Sc1ccccn1.CCCCCCCC(=O)Sc1ccccn1. The highest BCUT2D eigenvalue weighted by molar-refractivity contribution is 8.13. The summed E-state index contributed by atoms with van der Waals surface area (Å²) in [6.07, 6.45) is 22.5. The van der Waals surface area contributed by atoms with E-state index in [0.29, 0.717) is 6.42 Å². The summed E-state index contributed by atoms with van der Waals surface area (Å²) in [5, 5.41) is 5.43. The second kappa shape index (κ2) is 29.8. The molecule has 0 aliphatic rings. The molecule has 326 valence electrons. The molecule has 0 aliphatic carbocycles. The van der Waals surface area contributed by atoms with Crippen LogP contribution in [0, 0.1) is 0 Å². The van der Waals surface area contributed by atoms with Crippen molar-refractivity contribution in [3.8, 4) is 0 Å². The topological polar surface area (TPSA) is 74.2 Å². The molecule has 0 aliphatic heterocycles. The summed E-state index contributed by atoms with van der Waals surface area (Å²) in [6, 6.07) is 17.6. The number of thioether (sulfide) groups is 3. The van der Waals surface area contributed by atoms with Crippen LogP contribution in [-0.4, -0.2) is 36.7 Å². The Bertz CT molecular complexity index is 1560. The van der Waals surface area contributed by atoms with Crippen molar-refractivity contribution in [2.45, 2.75) is 192 Å². The van der Waals surface area contributed by atoms with Gasteiger partial charge in [-0.1, -0.05) is 126 Å². The lowest BCUT2D eigenvalue weighted by molar-refractivity contribution is -0.111. The van der Waals surface area contributed by atoms with Crippen LogP contribution in [0.1, 0.15) is 140 Å². The van der Waals surface area contributed by atoms with Crippen LogP contribution in [0.2, 0.25) is 36.3 Å². The third-order valence-electron chi connectivity index (χ3n) is 9.95. The van der Waals surface area contributed by atoms with Gasteiger partial charge in [0.1, 0.15) is 25.3 Å². The highest BCUT2D eigenvalue weighted by Gasteiger charge is 2.40. The molecule has 6 nitrogen and oxygen atoms in total. The van der Waals surface area contributed by atoms with Gasteiger partial charge < -0.3 is 8.85 Å². The van der Waals surface area contributed by atoms with E-state index in [1.54, 1.807) is 29.7 Å². The maximum atomic E-state index is 11.6. The average molecular weight is 887 g/mol. The Hall–Kier alpha value is -2.32. The van der Waals surface area contributed by atoms with Crippen LogP contribution in [0.25, 0.3) is 0 Å². The number of allylic oxidation sites excluding steroid dienone is 2. The molecule has 0 saturated carbocycles. The number of hydrogen-bond donors (Lipinski definition) is 0. The minimum absolute atomic E-state index is 0. The maximum absolute atomic E-state index is 11.6. The molecule has 0 N–H and O–H groups in total. The molecule has 0 saturated heterocycles. The number of rotatable bonds is 20. The van der Waals surface area contributed by atoms with E-state index in [1.165, 1.54) is 63.1 Å². The number of nitrogens with zero attached hydrogens (tertiary/aromatic N) is 3. The van der Waals surface area contributed by atoms with Crippen molar-refractivity contribution in [3.05, 3.63) is 95.5 Å². The predicted octanol–water partition coefficient (Wildman–Crippen LogP) is 16.8. The monoisotopic (exact) mass is 885 g/mol. The molecule has 0 unspecified atom stereocenters. The molecule has 11 heteroatoms. The molecule has 0 radical (unpaired) electrons. The van der Waals surface area contributed by atoms with E-state index in [4.69, 9.17) is 8.85 Å². The molecule has 0 atom stereocenters. The van der Waals surface area contributed by atoms with Crippen molar-refractivity contribution in [3.63, 3.8) is 0 Å². The largest absolute Gasteiger partial charge is 0.539 e. The van der Waals surface area contributed by atoms with E-state index in [-0.39, 0.29) is 22.6 Å². The Kier molecular flexibility index (Phi) is 28.6. The van der Waals surface area contributed by atoms with Crippen molar-refractivity contribution in [1.82, 2.24) is 15.0 Å². The fraction of sp³-hybridized carbons (Fsp3) is 0.574. The second-order valence-corrected chi connectivity index (χ2v) is 29.6. The van der Waals surface area contributed by atoms with E-state index < -0.39 is 16.6 Å². The lowest BCUT2D eigenvalue weighted by Gasteiger charge is -2.37. The molecule has 58 heavy (non-hydrogen) atoms. The first-order chi connectivity index (χ1) is 26.8. The number of unbranched alkanes of at least 4 members (excludes halogenated alkanes) is 8. The van der Waals surface area contributed by atoms with Crippen LogP contribution in [0.3, 0.4) is 0 Å². The van der Waals surface area contributed by atoms with E-state index in [2.05, 4.69) is 103 Å². The number of carbonyl (C=O) groups excluding carboxylic acids is 1. The highest BCUT2D eigenvalue weighted by Crippen LogP contribution is 2.42. The Morgan fingerprint density at radius 3 is 1.40 bits per heavy atom. The average Bonchev–Trinajstić information content (AvgIpc) is 3.15. The fourth-order valence-corrected chi connectivity index (χ4v) is 9.71. The van der Waals surface area contributed by atoms with Crippen molar-refractivity contribution >= 4 is 57.0 Å². The van der Waals surface area contributed by atoms with Gasteiger partial charge in [-0.05, 0) is 146 Å². The minimum atomic E-state index is -1.81. The van der Waals surface area contributed by atoms with Gasteiger partial charge in [-0.25, -0.2) is 15.0 Å². The maximum Gasteiger partial charge on any atom is 0.251 e. The van der Waals surface area contributed by atoms with Gasteiger partial charge in [0.15, 0.2) is 5.12 Å². The molecular formula is C47H79N3O3S3Si2. The van der Waals surface area contributed by atoms with Crippen molar-refractivity contribution in [2.24, 2.45) is 0 Å². The fourth-order valence-electron chi connectivity index (χ4n) is 4.31. The number of pyridine rings is 3. The van der Waals surface area contributed by atoms with Crippen LogP contribution in [0.4, 0.5) is 0 Å². The Morgan fingerprint density at radius 2 is 1.00 bits per heavy atom. The summed E-state index contributed by atoms with van der Waals surface area (Å²) in [4.78, 5) is 24.4. The van der Waals surface area contributed by atoms with Gasteiger partial charge in [0.2, 0.25) is 0 Å². The zero-order valence-corrected chi connectivity index (χ0v) is 42.1. The van der Waals surface area contributed by atoms with E-state index in [9.17, 15) is 4.79 Å². The van der Waals surface area contributed by atoms with Crippen molar-refractivity contribution in [1.29, 1.82) is 0 Å². The molecule has 3 rings (SSSR count). The minimum Gasteiger partial charge on any atom is -0.539 e. The summed E-state index contributed by atoms with van der Waals surface area (Å²) in [7, 11) is -3.57. The van der Waals surface area contributed by atoms with Gasteiger partial charge >= 0.3 is 0 Å². The summed E-state index contributed by atoms with van der Waals surface area (Å²) in [5.41, 5.74) is 0. The quantitative estimate of drug-likeness (QED) is 0.0477. The predicted molar refractivity (Wildman–Crippen MR) is 263 cm³/mol. The Balaban J connectivity index is 0.000000848. The van der Waals surface area contributed by atoms with Gasteiger partial charge in [-0.15, -0.1) is 0 Å². The molecule has 3 aromatic rings. The highest BCUT2D eigenvalue weighted by atomic mass is 32.2. The molecule has 3 heterocycles. The first kappa shape index (κ1) is 55.7. The third kappa shape index (κ3) is 24.7. The van der Waals surface area contributed by atoms with Crippen LogP contribution >= 0.6 is 35.3 Å². The van der Waals surface area contributed by atoms with Crippen LogP contribution < -0.4 is 0 Å². The molecule has 0 spiro atoms. The van der Waals surface area contributed by atoms with Crippen LogP contribution in [0.15, 0.2) is 111 Å². The Morgan fingerprint density at radius 1 is 0.603 bits per heavy atom. The van der Waals surface area contributed by atoms with Gasteiger partial charge in [-0.3, -0.25) is 4.79 Å². The number of carbonyl (C=O) groups is 1. The van der Waals surface area contributed by atoms with Gasteiger partial charge in [0, 0.05) is 25.0 Å². The zero-order chi connectivity index (χ0) is 42.8. The van der Waals surface area contributed by atoms with Gasteiger partial charge in [-0.2, -0.15) is 0 Å². The van der Waals surface area contributed by atoms with Crippen molar-refractivity contribution < 1.29 is 13.6 Å². The molecule has 0 fully saturated rings. The first-order valence-corrected chi connectivity index (χ1v) is 29.2. The lowest BCUT2D eigenvalue weighted by atomic mass is 10.1. The first-order valence-electron chi connectivity index (χ1n) is 20.9. The summed E-state index contributed by atoms with van der Waals surface area (Å²) < 4.78 is 12.8. The summed E-state index contributed by atoms with van der Waals surface area (Å²) in [6.45, 7) is 29.2. The van der Waals surface area contributed by atoms with Crippen molar-refractivity contribution in [2.75, 3.05) is 0 Å². The molecule has 0 aromatic carbocycles. The second-order valence-electron chi connectivity index (χ2n) is 17.1. The summed E-state index contributed by atoms with van der Waals surface area (Å²) in [5.74, 6) is 0. The number of aromatic nitrogens is 3. The normalized spacial score (nSPS) is 12.3. The smallest absolute Gasteiger partial charge is 0.251 e.